The number of aryl methyl sites for hydroxylation is 1. The van der Waals surface area contributed by atoms with E-state index in [1.807, 2.05) is 45.0 Å². The molecule has 1 aromatic carbocycles. The third-order valence-corrected chi connectivity index (χ3v) is 4.05. The molecule has 0 aliphatic carbocycles. The Kier molecular flexibility index (Phi) is 6.39. The lowest BCUT2D eigenvalue weighted by atomic mass is 10.0. The lowest BCUT2D eigenvalue weighted by Crippen LogP contribution is -2.47. The number of likely N-dealkylation sites (N-methyl/N-ethyl adjacent to an activating group) is 1. The van der Waals surface area contributed by atoms with Gasteiger partial charge in [-0.3, -0.25) is 9.59 Å². The SMILES string of the molecule is Cc1ccccc1C(=O)NC(CC(C)C)C(=O)N(C)Cc1ccco1. The van der Waals surface area contributed by atoms with E-state index in [-0.39, 0.29) is 17.7 Å². The van der Waals surface area contributed by atoms with Crippen molar-refractivity contribution in [2.75, 3.05) is 7.05 Å². The number of hydrogen-bond acceptors (Lipinski definition) is 3. The van der Waals surface area contributed by atoms with Crippen LogP contribution in [-0.4, -0.2) is 29.8 Å². The number of amides is 2. The van der Waals surface area contributed by atoms with Crippen LogP contribution in [0.25, 0.3) is 0 Å². The summed E-state index contributed by atoms with van der Waals surface area (Å²) in [4.78, 5) is 27.0. The van der Waals surface area contributed by atoms with E-state index in [0.29, 0.717) is 24.3 Å². The minimum absolute atomic E-state index is 0.118. The molecule has 2 aromatic rings. The predicted octanol–water partition coefficient (Wildman–Crippen LogP) is 3.39. The Morgan fingerprint density at radius 2 is 1.88 bits per heavy atom. The summed E-state index contributed by atoms with van der Waals surface area (Å²) in [5.74, 6) is 0.656. The molecule has 0 saturated heterocycles. The second-order valence-corrected chi connectivity index (χ2v) is 6.74. The Balaban J connectivity index is 2.10. The molecule has 5 heteroatoms. The van der Waals surface area contributed by atoms with Crippen molar-refractivity contribution in [3.8, 4) is 0 Å². The number of nitrogens with zero attached hydrogens (tertiary/aromatic N) is 1. The van der Waals surface area contributed by atoms with Crippen LogP contribution in [-0.2, 0) is 11.3 Å². The molecule has 2 amide bonds. The maximum absolute atomic E-state index is 12.8. The first kappa shape index (κ1) is 18.8. The van der Waals surface area contributed by atoms with Gasteiger partial charge in [-0.05, 0) is 43.0 Å². The summed E-state index contributed by atoms with van der Waals surface area (Å²) in [5.41, 5.74) is 1.48. The van der Waals surface area contributed by atoms with Crippen LogP contribution < -0.4 is 5.32 Å². The van der Waals surface area contributed by atoms with Gasteiger partial charge in [0.05, 0.1) is 12.8 Å². The number of carbonyl (C=O) groups is 2. The van der Waals surface area contributed by atoms with Crippen LogP contribution in [0.3, 0.4) is 0 Å². The average molecular weight is 342 g/mol. The first-order chi connectivity index (χ1) is 11.9. The smallest absolute Gasteiger partial charge is 0.252 e. The molecule has 1 heterocycles. The number of benzene rings is 1. The fraction of sp³-hybridized carbons (Fsp3) is 0.400. The van der Waals surface area contributed by atoms with Crippen molar-refractivity contribution in [3.63, 3.8) is 0 Å². The van der Waals surface area contributed by atoms with E-state index in [1.54, 1.807) is 30.3 Å². The number of rotatable bonds is 7. The van der Waals surface area contributed by atoms with Gasteiger partial charge in [0.25, 0.3) is 5.91 Å². The van der Waals surface area contributed by atoms with Crippen molar-refractivity contribution in [2.24, 2.45) is 5.92 Å². The molecule has 1 atom stereocenters. The van der Waals surface area contributed by atoms with E-state index in [9.17, 15) is 9.59 Å². The molecule has 134 valence electrons. The van der Waals surface area contributed by atoms with Gasteiger partial charge >= 0.3 is 0 Å². The van der Waals surface area contributed by atoms with Crippen LogP contribution in [0.4, 0.5) is 0 Å². The zero-order chi connectivity index (χ0) is 18.4. The predicted molar refractivity (Wildman–Crippen MR) is 97.1 cm³/mol. The topological polar surface area (TPSA) is 62.6 Å². The molecule has 0 radical (unpaired) electrons. The summed E-state index contributed by atoms with van der Waals surface area (Å²) >= 11 is 0. The molecule has 25 heavy (non-hydrogen) atoms. The highest BCUT2D eigenvalue weighted by molar-refractivity contribution is 5.98. The summed E-state index contributed by atoms with van der Waals surface area (Å²) in [6, 6.07) is 10.4. The summed E-state index contributed by atoms with van der Waals surface area (Å²) in [5, 5.41) is 2.91. The molecule has 2 rings (SSSR count). The molecule has 0 spiro atoms. The summed E-state index contributed by atoms with van der Waals surface area (Å²) in [6.45, 7) is 6.33. The normalized spacial score (nSPS) is 12.0. The van der Waals surface area contributed by atoms with Crippen molar-refractivity contribution in [1.29, 1.82) is 0 Å². The molecule has 5 nitrogen and oxygen atoms in total. The number of carbonyl (C=O) groups excluding carboxylic acids is 2. The molecular weight excluding hydrogens is 316 g/mol. The first-order valence-corrected chi connectivity index (χ1v) is 8.52. The molecule has 0 saturated carbocycles. The summed E-state index contributed by atoms with van der Waals surface area (Å²) in [6.07, 6.45) is 2.16. The Hall–Kier alpha value is -2.56. The van der Waals surface area contributed by atoms with Crippen LogP contribution in [0, 0.1) is 12.8 Å². The van der Waals surface area contributed by atoms with Gasteiger partial charge in [-0.25, -0.2) is 0 Å². The monoisotopic (exact) mass is 342 g/mol. The molecule has 0 bridgehead atoms. The quantitative estimate of drug-likeness (QED) is 0.839. The Morgan fingerprint density at radius 3 is 2.48 bits per heavy atom. The lowest BCUT2D eigenvalue weighted by Gasteiger charge is -2.25. The van der Waals surface area contributed by atoms with Gasteiger partial charge in [-0.1, -0.05) is 32.0 Å². The standard InChI is InChI=1S/C20H26N2O3/c1-14(2)12-18(20(24)22(4)13-16-9-7-11-25-16)21-19(23)17-10-6-5-8-15(17)3/h5-11,14,18H,12-13H2,1-4H3,(H,21,23). The lowest BCUT2D eigenvalue weighted by molar-refractivity contribution is -0.133. The van der Waals surface area contributed by atoms with Crippen LogP contribution in [0.15, 0.2) is 47.1 Å². The Morgan fingerprint density at radius 1 is 1.16 bits per heavy atom. The minimum atomic E-state index is -0.563. The zero-order valence-electron chi connectivity index (χ0n) is 15.3. The molecule has 1 N–H and O–H groups in total. The molecular formula is C20H26N2O3. The molecule has 0 aliphatic rings. The second kappa shape index (κ2) is 8.51. The van der Waals surface area contributed by atoms with Gasteiger partial charge in [0.15, 0.2) is 0 Å². The summed E-state index contributed by atoms with van der Waals surface area (Å²) in [7, 11) is 1.72. The van der Waals surface area contributed by atoms with Gasteiger partial charge < -0.3 is 14.6 Å². The van der Waals surface area contributed by atoms with Gasteiger partial charge in [-0.15, -0.1) is 0 Å². The average Bonchev–Trinajstić information content (AvgIpc) is 3.06. The molecule has 0 aliphatic heterocycles. The first-order valence-electron chi connectivity index (χ1n) is 8.52. The Labute approximate surface area is 149 Å². The van der Waals surface area contributed by atoms with Crippen molar-refractivity contribution in [2.45, 2.75) is 39.8 Å². The summed E-state index contributed by atoms with van der Waals surface area (Å²) < 4.78 is 5.30. The molecule has 0 fully saturated rings. The van der Waals surface area contributed by atoms with Crippen LogP contribution in [0.5, 0.6) is 0 Å². The molecule has 1 unspecified atom stereocenters. The number of furan rings is 1. The van der Waals surface area contributed by atoms with Gasteiger partial charge in [0, 0.05) is 12.6 Å². The second-order valence-electron chi connectivity index (χ2n) is 6.74. The van der Waals surface area contributed by atoms with E-state index in [1.165, 1.54) is 0 Å². The fourth-order valence-corrected chi connectivity index (χ4v) is 2.74. The maximum Gasteiger partial charge on any atom is 0.252 e. The van der Waals surface area contributed by atoms with Crippen molar-refractivity contribution in [3.05, 3.63) is 59.5 Å². The van der Waals surface area contributed by atoms with Crippen LogP contribution in [0.2, 0.25) is 0 Å². The van der Waals surface area contributed by atoms with Crippen molar-refractivity contribution >= 4 is 11.8 Å². The van der Waals surface area contributed by atoms with Crippen LogP contribution >= 0.6 is 0 Å². The van der Waals surface area contributed by atoms with E-state index in [0.717, 1.165) is 5.56 Å². The molecule has 1 aromatic heterocycles. The zero-order valence-corrected chi connectivity index (χ0v) is 15.3. The van der Waals surface area contributed by atoms with E-state index >= 15 is 0 Å². The largest absolute Gasteiger partial charge is 0.467 e. The number of hydrogen-bond donors (Lipinski definition) is 1. The minimum Gasteiger partial charge on any atom is -0.467 e. The van der Waals surface area contributed by atoms with Crippen LogP contribution in [0.1, 0.15) is 41.9 Å². The maximum atomic E-state index is 12.8. The third-order valence-electron chi connectivity index (χ3n) is 4.05. The van der Waals surface area contributed by atoms with Gasteiger partial charge in [0.1, 0.15) is 11.8 Å². The van der Waals surface area contributed by atoms with Gasteiger partial charge in [-0.2, -0.15) is 0 Å². The third kappa shape index (κ3) is 5.21. The van der Waals surface area contributed by atoms with Gasteiger partial charge in [0.2, 0.25) is 5.91 Å². The van der Waals surface area contributed by atoms with Crippen molar-refractivity contribution in [1.82, 2.24) is 10.2 Å². The Bertz CT molecular complexity index is 707. The fourth-order valence-electron chi connectivity index (χ4n) is 2.74. The van der Waals surface area contributed by atoms with E-state index < -0.39 is 6.04 Å². The highest BCUT2D eigenvalue weighted by atomic mass is 16.3. The highest BCUT2D eigenvalue weighted by Gasteiger charge is 2.26. The number of nitrogens with one attached hydrogen (secondary N) is 1. The van der Waals surface area contributed by atoms with E-state index in [2.05, 4.69) is 5.32 Å². The van der Waals surface area contributed by atoms with Crippen molar-refractivity contribution < 1.29 is 14.0 Å². The van der Waals surface area contributed by atoms with E-state index in [4.69, 9.17) is 4.42 Å². The highest BCUT2D eigenvalue weighted by Crippen LogP contribution is 2.13.